The second-order valence-electron chi connectivity index (χ2n) is 9.11. The third-order valence-electron chi connectivity index (χ3n) is 7.71. The number of nitrogens with zero attached hydrogens (tertiary/aromatic N) is 1. The van der Waals surface area contributed by atoms with E-state index >= 15 is 0 Å². The Kier molecular flexibility index (Phi) is 7.35. The number of para-hydroxylation sites is 1. The molecule has 8 rings (SSSR count). The molecule has 0 amide bonds. The fourth-order valence-corrected chi connectivity index (χ4v) is 6.53. The minimum absolute atomic E-state index is 0.294. The molecule has 0 unspecified atom stereocenters. The van der Waals surface area contributed by atoms with Crippen molar-refractivity contribution >= 4 is 21.7 Å². The molecule has 39 heavy (non-hydrogen) atoms. The van der Waals surface area contributed by atoms with Gasteiger partial charge in [0.2, 0.25) is 0 Å². The fraction of sp³-hybridized carbons (Fsp3) is 0.184. The van der Waals surface area contributed by atoms with E-state index < -0.39 is 0 Å². The van der Waals surface area contributed by atoms with Crippen molar-refractivity contribution < 1.29 is 0 Å². The Morgan fingerprint density at radius 1 is 0.462 bits per heavy atom. The largest absolute Gasteiger partial charge is 0.256 e. The maximum atomic E-state index is 4.75. The molecule has 2 aliphatic carbocycles. The van der Waals surface area contributed by atoms with Crippen LogP contribution in [0.5, 0.6) is 0 Å². The number of benzene rings is 5. The van der Waals surface area contributed by atoms with Crippen molar-refractivity contribution in [3.8, 4) is 22.3 Å². The van der Waals surface area contributed by atoms with E-state index in [1.807, 2.05) is 47.7 Å². The maximum absolute atomic E-state index is 4.75. The van der Waals surface area contributed by atoms with E-state index in [1.54, 1.807) is 0 Å². The van der Waals surface area contributed by atoms with Gasteiger partial charge in [-0.1, -0.05) is 145 Å². The third kappa shape index (κ3) is 3.57. The van der Waals surface area contributed by atoms with Gasteiger partial charge in [-0.15, -0.1) is 0 Å². The van der Waals surface area contributed by atoms with Gasteiger partial charge in [-0.3, -0.25) is 4.98 Å². The van der Waals surface area contributed by atoms with Crippen molar-refractivity contribution in [3.63, 3.8) is 0 Å². The normalized spacial score (nSPS) is 12.6. The zero-order valence-electron chi connectivity index (χ0n) is 23.9. The van der Waals surface area contributed by atoms with Crippen LogP contribution >= 0.6 is 0 Å². The predicted molar refractivity (Wildman–Crippen MR) is 170 cm³/mol. The SMILES string of the molecule is CC.CC.CC.c1ccc2c(c1)-c1ccccc1C21c2ccccc2-c2c1ccc1cnc3ccccc3c21. The molecule has 0 N–H and O–H groups in total. The molecule has 1 nitrogen and oxygen atoms in total. The van der Waals surface area contributed by atoms with Crippen LogP contribution in [0.1, 0.15) is 63.8 Å². The Balaban J connectivity index is 0.000000484. The standard InChI is InChI=1S/C32H19N.3C2H6/c1-5-13-25-21(9-1)22-10-2-6-14-26(22)32(25)27-15-7-3-11-23(27)31-28(32)18-17-20-19-33-29-16-8-4-12-24(29)30(20)31;3*1-2/h1-19H;3*1-2H3. The molecular formula is C38H37N. The highest BCUT2D eigenvalue weighted by molar-refractivity contribution is 6.16. The lowest BCUT2D eigenvalue weighted by Gasteiger charge is -2.30. The highest BCUT2D eigenvalue weighted by atomic mass is 14.7. The van der Waals surface area contributed by atoms with Gasteiger partial charge < -0.3 is 0 Å². The zero-order valence-corrected chi connectivity index (χ0v) is 23.9. The van der Waals surface area contributed by atoms with Crippen LogP contribution < -0.4 is 0 Å². The van der Waals surface area contributed by atoms with Crippen LogP contribution in [0.2, 0.25) is 0 Å². The van der Waals surface area contributed by atoms with Gasteiger partial charge in [-0.25, -0.2) is 0 Å². The third-order valence-corrected chi connectivity index (χ3v) is 7.71. The molecule has 6 aromatic rings. The lowest BCUT2D eigenvalue weighted by molar-refractivity contribution is 0.794. The first-order chi connectivity index (χ1) is 19.4. The first-order valence-electron chi connectivity index (χ1n) is 14.5. The van der Waals surface area contributed by atoms with E-state index in [4.69, 9.17) is 4.98 Å². The molecule has 1 spiro atoms. The van der Waals surface area contributed by atoms with Gasteiger partial charge in [0.25, 0.3) is 0 Å². The van der Waals surface area contributed by atoms with Gasteiger partial charge in [-0.05, 0) is 50.6 Å². The lowest BCUT2D eigenvalue weighted by Crippen LogP contribution is -2.25. The van der Waals surface area contributed by atoms with Crippen molar-refractivity contribution in [1.29, 1.82) is 0 Å². The molecule has 0 fully saturated rings. The summed E-state index contributed by atoms with van der Waals surface area (Å²) in [5, 5.41) is 3.72. The van der Waals surface area contributed by atoms with Crippen LogP contribution in [0.3, 0.4) is 0 Å². The number of hydrogen-bond acceptors (Lipinski definition) is 1. The summed E-state index contributed by atoms with van der Waals surface area (Å²) in [4.78, 5) is 4.75. The molecule has 1 heterocycles. The summed E-state index contributed by atoms with van der Waals surface area (Å²) < 4.78 is 0. The summed E-state index contributed by atoms with van der Waals surface area (Å²) >= 11 is 0. The van der Waals surface area contributed by atoms with E-state index in [1.165, 1.54) is 60.7 Å². The zero-order chi connectivity index (χ0) is 27.6. The molecule has 2 aliphatic rings. The Morgan fingerprint density at radius 3 is 1.56 bits per heavy atom. The number of pyridine rings is 1. The minimum atomic E-state index is -0.294. The average Bonchev–Trinajstić information content (AvgIpc) is 3.51. The van der Waals surface area contributed by atoms with E-state index in [-0.39, 0.29) is 5.41 Å². The molecule has 0 aliphatic heterocycles. The smallest absolute Gasteiger partial charge is 0.0725 e. The summed E-state index contributed by atoms with van der Waals surface area (Å²) in [5.74, 6) is 0. The van der Waals surface area contributed by atoms with E-state index in [2.05, 4.69) is 109 Å². The summed E-state index contributed by atoms with van der Waals surface area (Å²) in [6, 6.07) is 40.1. The number of hydrogen-bond donors (Lipinski definition) is 0. The molecule has 0 atom stereocenters. The predicted octanol–water partition coefficient (Wildman–Crippen LogP) is 10.8. The molecule has 1 heteroatoms. The van der Waals surface area contributed by atoms with Crippen molar-refractivity contribution in [2.75, 3.05) is 0 Å². The number of rotatable bonds is 0. The van der Waals surface area contributed by atoms with Crippen molar-refractivity contribution in [1.82, 2.24) is 4.98 Å². The fourth-order valence-electron chi connectivity index (χ4n) is 6.53. The summed E-state index contributed by atoms with van der Waals surface area (Å²) in [6.45, 7) is 12.0. The van der Waals surface area contributed by atoms with E-state index in [9.17, 15) is 0 Å². The topological polar surface area (TPSA) is 12.9 Å². The summed E-state index contributed by atoms with van der Waals surface area (Å²) in [7, 11) is 0. The second kappa shape index (κ2) is 10.9. The first kappa shape index (κ1) is 26.4. The van der Waals surface area contributed by atoms with Crippen LogP contribution in [-0.2, 0) is 5.41 Å². The quantitative estimate of drug-likeness (QED) is 0.186. The van der Waals surface area contributed by atoms with Gasteiger partial charge in [-0.2, -0.15) is 0 Å². The minimum Gasteiger partial charge on any atom is -0.256 e. The monoisotopic (exact) mass is 507 g/mol. The molecule has 1 aromatic heterocycles. The molecule has 0 saturated heterocycles. The van der Waals surface area contributed by atoms with Gasteiger partial charge >= 0.3 is 0 Å². The van der Waals surface area contributed by atoms with E-state index in [0.29, 0.717) is 0 Å². The number of aromatic nitrogens is 1. The highest BCUT2D eigenvalue weighted by Crippen LogP contribution is 2.63. The Morgan fingerprint density at radius 2 is 0.949 bits per heavy atom. The van der Waals surface area contributed by atoms with Gasteiger partial charge in [0.1, 0.15) is 0 Å². The van der Waals surface area contributed by atoms with Gasteiger partial charge in [0.05, 0.1) is 10.9 Å². The number of fused-ring (bicyclic) bond motifs is 14. The summed E-state index contributed by atoms with van der Waals surface area (Å²) in [6.07, 6.45) is 2.03. The Bertz CT molecular complexity index is 1730. The first-order valence-corrected chi connectivity index (χ1v) is 14.5. The van der Waals surface area contributed by atoms with Crippen molar-refractivity contribution in [2.24, 2.45) is 0 Å². The second-order valence-corrected chi connectivity index (χ2v) is 9.11. The van der Waals surface area contributed by atoms with Crippen molar-refractivity contribution in [3.05, 3.63) is 138 Å². The van der Waals surface area contributed by atoms with Crippen LogP contribution in [-0.4, -0.2) is 4.98 Å². The van der Waals surface area contributed by atoms with E-state index in [0.717, 1.165) is 5.52 Å². The van der Waals surface area contributed by atoms with Crippen LogP contribution in [0, 0.1) is 0 Å². The van der Waals surface area contributed by atoms with Crippen LogP contribution in [0.15, 0.2) is 115 Å². The average molecular weight is 508 g/mol. The molecule has 194 valence electrons. The van der Waals surface area contributed by atoms with Gasteiger partial charge in [0.15, 0.2) is 0 Å². The maximum Gasteiger partial charge on any atom is 0.0725 e. The van der Waals surface area contributed by atoms with Crippen LogP contribution in [0.25, 0.3) is 43.9 Å². The Labute approximate surface area is 233 Å². The van der Waals surface area contributed by atoms with Crippen LogP contribution in [0.4, 0.5) is 0 Å². The molecule has 5 aromatic carbocycles. The molecule has 0 bridgehead atoms. The molecule has 0 saturated carbocycles. The Hall–Kier alpha value is -4.23. The lowest BCUT2D eigenvalue weighted by atomic mass is 9.70. The molecular weight excluding hydrogens is 470 g/mol. The molecule has 0 radical (unpaired) electrons. The highest BCUT2D eigenvalue weighted by Gasteiger charge is 2.51. The van der Waals surface area contributed by atoms with Crippen molar-refractivity contribution in [2.45, 2.75) is 47.0 Å². The van der Waals surface area contributed by atoms with Gasteiger partial charge in [0, 0.05) is 22.4 Å². The summed E-state index contributed by atoms with van der Waals surface area (Å²) in [5.41, 5.74) is 11.7.